The average Bonchev–Trinajstić information content (AvgIpc) is 2.63. The van der Waals surface area contributed by atoms with E-state index in [0.29, 0.717) is 13.2 Å². The summed E-state index contributed by atoms with van der Waals surface area (Å²) in [5.41, 5.74) is 0.895. The maximum atomic E-state index is 10.1. The predicted octanol–water partition coefficient (Wildman–Crippen LogP) is 2.49. The number of aliphatic hydroxyl groups excluding tert-OH is 1. The first-order valence-electron chi connectivity index (χ1n) is 5.16. The molecule has 0 bridgehead atoms. The van der Waals surface area contributed by atoms with Gasteiger partial charge in [0.05, 0.1) is 0 Å². The van der Waals surface area contributed by atoms with Gasteiger partial charge >= 0.3 is 0 Å². The molecule has 0 spiro atoms. The molecule has 0 fully saturated rings. The second kappa shape index (κ2) is 6.23. The fourth-order valence-corrected chi connectivity index (χ4v) is 2.15. The van der Waals surface area contributed by atoms with Crippen molar-refractivity contribution in [2.24, 2.45) is 0 Å². The van der Waals surface area contributed by atoms with E-state index < -0.39 is 12.4 Å². The lowest BCUT2D eigenvalue weighted by Crippen LogP contribution is -2.25. The number of aryl methyl sites for hydroxylation is 1. The number of hydrogen-bond acceptors (Lipinski definition) is 4. The van der Waals surface area contributed by atoms with Gasteiger partial charge in [0.2, 0.25) is 0 Å². The van der Waals surface area contributed by atoms with E-state index in [1.165, 1.54) is 0 Å². The summed E-state index contributed by atoms with van der Waals surface area (Å²) in [6.07, 6.45) is -1.26. The van der Waals surface area contributed by atoms with Crippen LogP contribution in [0.2, 0.25) is 0 Å². The highest BCUT2D eigenvalue weighted by Gasteiger charge is 2.23. The smallest absolute Gasteiger partial charge is 0.187 e. The summed E-state index contributed by atoms with van der Waals surface area (Å²) >= 11 is 1.62. The number of rotatable bonds is 6. The first kappa shape index (κ1) is 12.6. The lowest BCUT2D eigenvalue weighted by molar-refractivity contribution is -0.191. The molecule has 1 unspecified atom stereocenters. The molecule has 86 valence electrons. The van der Waals surface area contributed by atoms with Gasteiger partial charge in [-0.25, -0.2) is 0 Å². The molecule has 0 aromatic carbocycles. The first-order valence-corrected chi connectivity index (χ1v) is 6.03. The van der Waals surface area contributed by atoms with E-state index in [2.05, 4.69) is 0 Å². The molecular weight excluding hydrogens is 212 g/mol. The Morgan fingerprint density at radius 3 is 2.33 bits per heavy atom. The Morgan fingerprint density at radius 2 is 1.93 bits per heavy atom. The highest BCUT2D eigenvalue weighted by atomic mass is 32.1. The molecule has 0 saturated heterocycles. The van der Waals surface area contributed by atoms with Crippen LogP contribution in [0.25, 0.3) is 0 Å². The van der Waals surface area contributed by atoms with Crippen LogP contribution in [-0.2, 0) is 9.47 Å². The largest absolute Gasteiger partial charge is 0.383 e. The van der Waals surface area contributed by atoms with E-state index in [1.54, 1.807) is 11.3 Å². The lowest BCUT2D eigenvalue weighted by Gasteiger charge is -2.22. The van der Waals surface area contributed by atoms with Crippen LogP contribution in [0.15, 0.2) is 11.4 Å². The molecule has 1 heterocycles. The third kappa shape index (κ3) is 3.28. The SMILES string of the molecule is CCOC(OCC)C(O)c1ccsc1C. The summed E-state index contributed by atoms with van der Waals surface area (Å²) < 4.78 is 10.7. The van der Waals surface area contributed by atoms with Gasteiger partial charge in [0.1, 0.15) is 6.10 Å². The Labute approximate surface area is 94.6 Å². The third-order valence-corrected chi connectivity index (χ3v) is 3.00. The average molecular weight is 230 g/mol. The highest BCUT2D eigenvalue weighted by Crippen LogP contribution is 2.26. The summed E-state index contributed by atoms with van der Waals surface area (Å²) in [5, 5.41) is 12.0. The van der Waals surface area contributed by atoms with Gasteiger partial charge in [-0.05, 0) is 37.8 Å². The van der Waals surface area contributed by atoms with E-state index >= 15 is 0 Å². The Bertz CT molecular complexity index is 279. The Kier molecular flexibility index (Phi) is 5.25. The molecule has 0 aliphatic heterocycles. The summed E-state index contributed by atoms with van der Waals surface area (Å²) in [6, 6.07) is 1.91. The van der Waals surface area contributed by atoms with Crippen molar-refractivity contribution in [3.63, 3.8) is 0 Å². The molecule has 1 atom stereocenters. The maximum Gasteiger partial charge on any atom is 0.187 e. The van der Waals surface area contributed by atoms with Crippen LogP contribution in [0.1, 0.15) is 30.4 Å². The second-order valence-electron chi connectivity index (χ2n) is 3.16. The molecule has 1 rings (SSSR count). The molecule has 0 aliphatic carbocycles. The zero-order valence-electron chi connectivity index (χ0n) is 9.40. The molecule has 1 N–H and O–H groups in total. The van der Waals surface area contributed by atoms with Crippen LogP contribution in [0.3, 0.4) is 0 Å². The molecule has 0 radical (unpaired) electrons. The first-order chi connectivity index (χ1) is 7.20. The fraction of sp³-hybridized carbons (Fsp3) is 0.636. The van der Waals surface area contributed by atoms with Gasteiger partial charge < -0.3 is 14.6 Å². The van der Waals surface area contributed by atoms with Gasteiger partial charge in [0, 0.05) is 18.1 Å². The molecule has 3 nitrogen and oxygen atoms in total. The van der Waals surface area contributed by atoms with Crippen molar-refractivity contribution in [1.82, 2.24) is 0 Å². The molecule has 1 aromatic rings. The van der Waals surface area contributed by atoms with Gasteiger partial charge in [-0.1, -0.05) is 0 Å². The van der Waals surface area contributed by atoms with E-state index in [-0.39, 0.29) is 0 Å². The summed E-state index contributed by atoms with van der Waals surface area (Å²) in [6.45, 7) is 6.83. The van der Waals surface area contributed by atoms with Crippen LogP contribution in [0.5, 0.6) is 0 Å². The molecule has 0 amide bonds. The Hall–Kier alpha value is -0.420. The summed E-state index contributed by atoms with van der Waals surface area (Å²) in [5.74, 6) is 0. The van der Waals surface area contributed by atoms with Crippen molar-refractivity contribution >= 4 is 11.3 Å². The van der Waals surface area contributed by atoms with E-state index in [9.17, 15) is 5.11 Å². The minimum absolute atomic E-state index is 0.533. The van der Waals surface area contributed by atoms with Crippen molar-refractivity contribution < 1.29 is 14.6 Å². The predicted molar refractivity (Wildman–Crippen MR) is 61.1 cm³/mol. The number of hydrogen-bond donors (Lipinski definition) is 1. The normalized spacial score (nSPS) is 13.4. The van der Waals surface area contributed by atoms with Crippen molar-refractivity contribution in [2.45, 2.75) is 33.2 Å². The van der Waals surface area contributed by atoms with Crippen LogP contribution >= 0.6 is 11.3 Å². The molecule has 0 aliphatic rings. The van der Waals surface area contributed by atoms with E-state index in [0.717, 1.165) is 10.4 Å². The van der Waals surface area contributed by atoms with Gasteiger partial charge in [-0.2, -0.15) is 0 Å². The van der Waals surface area contributed by atoms with E-state index in [4.69, 9.17) is 9.47 Å². The van der Waals surface area contributed by atoms with Crippen LogP contribution < -0.4 is 0 Å². The highest BCUT2D eigenvalue weighted by molar-refractivity contribution is 7.10. The van der Waals surface area contributed by atoms with Crippen LogP contribution in [0, 0.1) is 6.92 Å². The standard InChI is InChI=1S/C11H18O3S/c1-4-13-11(14-5-2)10(12)9-6-7-15-8(9)3/h6-7,10-12H,4-5H2,1-3H3. The second-order valence-corrected chi connectivity index (χ2v) is 4.28. The summed E-state index contributed by atoms with van der Waals surface area (Å²) in [7, 11) is 0. The Morgan fingerprint density at radius 1 is 1.33 bits per heavy atom. The molecule has 4 heteroatoms. The van der Waals surface area contributed by atoms with Crippen molar-refractivity contribution in [3.05, 3.63) is 21.9 Å². The molecular formula is C11H18O3S. The van der Waals surface area contributed by atoms with Crippen molar-refractivity contribution in [2.75, 3.05) is 13.2 Å². The molecule has 15 heavy (non-hydrogen) atoms. The summed E-state index contributed by atoms with van der Waals surface area (Å²) in [4.78, 5) is 1.10. The van der Waals surface area contributed by atoms with Crippen LogP contribution in [0.4, 0.5) is 0 Å². The van der Waals surface area contributed by atoms with E-state index in [1.807, 2.05) is 32.2 Å². The topological polar surface area (TPSA) is 38.7 Å². The molecule has 0 saturated carbocycles. The van der Waals surface area contributed by atoms with Gasteiger partial charge in [-0.15, -0.1) is 11.3 Å². The zero-order chi connectivity index (χ0) is 11.3. The maximum absolute atomic E-state index is 10.1. The monoisotopic (exact) mass is 230 g/mol. The number of ether oxygens (including phenoxy) is 2. The lowest BCUT2D eigenvalue weighted by atomic mass is 10.1. The number of thiophene rings is 1. The zero-order valence-corrected chi connectivity index (χ0v) is 10.2. The van der Waals surface area contributed by atoms with Gasteiger partial charge in [0.15, 0.2) is 6.29 Å². The van der Waals surface area contributed by atoms with Crippen molar-refractivity contribution in [1.29, 1.82) is 0 Å². The van der Waals surface area contributed by atoms with Gasteiger partial charge in [-0.3, -0.25) is 0 Å². The number of aliphatic hydroxyl groups is 1. The van der Waals surface area contributed by atoms with Crippen LogP contribution in [-0.4, -0.2) is 24.6 Å². The molecule has 1 aromatic heterocycles. The minimum Gasteiger partial charge on any atom is -0.383 e. The third-order valence-electron chi connectivity index (χ3n) is 2.14. The van der Waals surface area contributed by atoms with Crippen molar-refractivity contribution in [3.8, 4) is 0 Å². The quantitative estimate of drug-likeness (QED) is 0.763. The minimum atomic E-state index is -0.698. The fourth-order valence-electron chi connectivity index (χ4n) is 1.41. The Balaban J connectivity index is 2.71. The van der Waals surface area contributed by atoms with Gasteiger partial charge in [0.25, 0.3) is 0 Å².